The van der Waals surface area contributed by atoms with Gasteiger partial charge in [0, 0.05) is 23.2 Å². The van der Waals surface area contributed by atoms with Gasteiger partial charge in [0.1, 0.15) is 5.69 Å². The number of H-pyrrole nitrogens is 1. The van der Waals surface area contributed by atoms with Crippen LogP contribution in [0.25, 0.3) is 22.0 Å². The molecule has 0 unspecified atom stereocenters. The molecule has 0 radical (unpaired) electrons. The summed E-state index contributed by atoms with van der Waals surface area (Å²) in [6, 6.07) is 9.77. The van der Waals surface area contributed by atoms with Crippen molar-refractivity contribution >= 4 is 16.8 Å². The van der Waals surface area contributed by atoms with Crippen molar-refractivity contribution in [2.24, 2.45) is 5.73 Å². The highest BCUT2D eigenvalue weighted by molar-refractivity contribution is 6.02. The number of nitrogens with zero attached hydrogens (tertiary/aromatic N) is 2. The summed E-state index contributed by atoms with van der Waals surface area (Å²) in [6.45, 7) is 0. The lowest BCUT2D eigenvalue weighted by molar-refractivity contribution is 0.0996. The zero-order valence-electron chi connectivity index (χ0n) is 10.7. The number of rotatable bonds is 2. The third-order valence-electron chi connectivity index (χ3n) is 3.16. The minimum atomic E-state index is -0.621. The quantitative estimate of drug-likeness (QED) is 0.705. The van der Waals surface area contributed by atoms with E-state index in [0.717, 1.165) is 0 Å². The Balaban J connectivity index is 2.34. The number of carbonyl (C=O) groups excluding carboxylic acids is 1. The first kappa shape index (κ1) is 12.8. The van der Waals surface area contributed by atoms with E-state index in [0.29, 0.717) is 27.6 Å². The second-order valence-electron chi connectivity index (χ2n) is 4.51. The third-order valence-corrected chi connectivity index (χ3v) is 3.16. The number of hydrogen-bond donors (Lipinski definition) is 2. The summed E-state index contributed by atoms with van der Waals surface area (Å²) in [7, 11) is 0. The molecule has 0 aliphatic carbocycles. The van der Waals surface area contributed by atoms with Gasteiger partial charge in [0.2, 0.25) is 5.95 Å². The first-order valence-corrected chi connectivity index (χ1v) is 6.07. The van der Waals surface area contributed by atoms with Crippen LogP contribution in [-0.4, -0.2) is 15.9 Å². The van der Waals surface area contributed by atoms with Crippen molar-refractivity contribution in [3.8, 4) is 17.2 Å². The minimum Gasteiger partial charge on any atom is -0.364 e. The number of halogens is 1. The molecule has 1 amide bonds. The van der Waals surface area contributed by atoms with E-state index in [-0.39, 0.29) is 5.69 Å². The summed E-state index contributed by atoms with van der Waals surface area (Å²) in [5.41, 5.74) is 7.68. The first-order valence-electron chi connectivity index (χ1n) is 6.07. The van der Waals surface area contributed by atoms with Crippen molar-refractivity contribution in [2.75, 3.05) is 0 Å². The molecule has 3 rings (SSSR count). The topological polar surface area (TPSA) is 95.6 Å². The van der Waals surface area contributed by atoms with Crippen molar-refractivity contribution in [2.45, 2.75) is 0 Å². The molecule has 0 aliphatic rings. The number of nitrogens with two attached hydrogens (primary N) is 1. The number of pyridine rings is 1. The lowest BCUT2D eigenvalue weighted by Gasteiger charge is -2.04. The zero-order valence-corrected chi connectivity index (χ0v) is 10.7. The molecule has 5 nitrogen and oxygen atoms in total. The Morgan fingerprint density at radius 2 is 2.14 bits per heavy atom. The Labute approximate surface area is 118 Å². The normalized spacial score (nSPS) is 10.5. The number of hydrogen-bond acceptors (Lipinski definition) is 3. The first-order chi connectivity index (χ1) is 10.1. The monoisotopic (exact) mass is 280 g/mol. The molecule has 6 heteroatoms. The second-order valence-corrected chi connectivity index (χ2v) is 4.51. The Bertz CT molecular complexity index is 908. The number of fused-ring (bicyclic) bond motifs is 1. The largest absolute Gasteiger partial charge is 0.364 e. The van der Waals surface area contributed by atoms with Gasteiger partial charge in [-0.05, 0) is 29.8 Å². The lowest BCUT2D eigenvalue weighted by atomic mass is 10.0. The molecule has 102 valence electrons. The molecule has 2 aromatic heterocycles. The van der Waals surface area contributed by atoms with E-state index in [2.05, 4.69) is 9.97 Å². The van der Waals surface area contributed by atoms with Crippen molar-refractivity contribution < 1.29 is 9.18 Å². The fourth-order valence-corrected chi connectivity index (χ4v) is 2.24. The Morgan fingerprint density at radius 3 is 2.81 bits per heavy atom. The predicted octanol–water partition coefficient (Wildman–Crippen LogP) is 2.34. The number of nitrogens with one attached hydrogen (secondary N) is 1. The average Bonchev–Trinajstić information content (AvgIpc) is 2.90. The van der Waals surface area contributed by atoms with Crippen LogP contribution in [0.4, 0.5) is 4.39 Å². The molecule has 1 aromatic carbocycles. The van der Waals surface area contributed by atoms with E-state index in [4.69, 9.17) is 11.0 Å². The fourth-order valence-electron chi connectivity index (χ4n) is 2.24. The van der Waals surface area contributed by atoms with E-state index >= 15 is 0 Å². The van der Waals surface area contributed by atoms with Crippen molar-refractivity contribution in [3.05, 3.63) is 53.7 Å². The van der Waals surface area contributed by atoms with E-state index in [1.807, 2.05) is 6.07 Å². The standard InChI is InChI=1S/C15H9FN4O/c16-13-6-9(1-2-19-13)11-4-8(7-17)3-10-5-12(15(18)21)20-14(10)11/h1-6,20H,(H2,18,21). The number of aromatic nitrogens is 2. The van der Waals surface area contributed by atoms with Gasteiger partial charge in [-0.2, -0.15) is 9.65 Å². The predicted molar refractivity (Wildman–Crippen MR) is 74.7 cm³/mol. The smallest absolute Gasteiger partial charge is 0.265 e. The summed E-state index contributed by atoms with van der Waals surface area (Å²) in [5.74, 6) is -1.22. The van der Waals surface area contributed by atoms with Crippen LogP contribution in [0.1, 0.15) is 16.1 Å². The summed E-state index contributed by atoms with van der Waals surface area (Å²) >= 11 is 0. The molecule has 0 aliphatic heterocycles. The summed E-state index contributed by atoms with van der Waals surface area (Å²) in [5, 5.41) is 9.76. The summed E-state index contributed by atoms with van der Waals surface area (Å²) < 4.78 is 13.3. The zero-order chi connectivity index (χ0) is 15.0. The molecule has 0 saturated heterocycles. The van der Waals surface area contributed by atoms with E-state index in [1.165, 1.54) is 12.3 Å². The second kappa shape index (κ2) is 4.72. The molecule has 0 fully saturated rings. The average molecular weight is 280 g/mol. The molecule has 0 spiro atoms. The maximum absolute atomic E-state index is 13.3. The van der Waals surface area contributed by atoms with Crippen LogP contribution < -0.4 is 5.73 Å². The number of aromatic amines is 1. The lowest BCUT2D eigenvalue weighted by Crippen LogP contribution is -2.10. The SMILES string of the molecule is N#Cc1cc(-c2ccnc(F)c2)c2[nH]c(C(N)=O)cc2c1. The highest BCUT2D eigenvalue weighted by atomic mass is 19.1. The number of carbonyl (C=O) groups is 1. The molecule has 3 aromatic rings. The highest BCUT2D eigenvalue weighted by Gasteiger charge is 2.12. The Kier molecular flexibility index (Phi) is 2.88. The summed E-state index contributed by atoms with van der Waals surface area (Å²) in [6.07, 6.45) is 1.34. The van der Waals surface area contributed by atoms with E-state index in [1.54, 1.807) is 24.3 Å². The maximum atomic E-state index is 13.3. The molecule has 3 N–H and O–H groups in total. The van der Waals surface area contributed by atoms with Gasteiger partial charge < -0.3 is 10.7 Å². The van der Waals surface area contributed by atoms with Crippen LogP contribution in [0.15, 0.2) is 36.5 Å². The fraction of sp³-hybridized carbons (Fsp3) is 0. The van der Waals surface area contributed by atoms with Crippen molar-refractivity contribution in [1.82, 2.24) is 9.97 Å². The van der Waals surface area contributed by atoms with Gasteiger partial charge in [-0.1, -0.05) is 0 Å². The van der Waals surface area contributed by atoms with Crippen LogP contribution in [0.3, 0.4) is 0 Å². The van der Waals surface area contributed by atoms with Gasteiger partial charge in [-0.15, -0.1) is 0 Å². The molecule has 0 bridgehead atoms. The van der Waals surface area contributed by atoms with Crippen molar-refractivity contribution in [1.29, 1.82) is 5.26 Å². The van der Waals surface area contributed by atoms with Crippen LogP contribution in [0.5, 0.6) is 0 Å². The Hall–Kier alpha value is -3.20. The third kappa shape index (κ3) is 2.21. The van der Waals surface area contributed by atoms with E-state index in [9.17, 15) is 9.18 Å². The van der Waals surface area contributed by atoms with Gasteiger partial charge in [-0.25, -0.2) is 4.98 Å². The number of amides is 1. The molecule has 2 heterocycles. The van der Waals surface area contributed by atoms with Gasteiger partial charge >= 0.3 is 0 Å². The molecular weight excluding hydrogens is 271 g/mol. The Morgan fingerprint density at radius 1 is 1.33 bits per heavy atom. The van der Waals surface area contributed by atoms with Gasteiger partial charge in [0.15, 0.2) is 0 Å². The maximum Gasteiger partial charge on any atom is 0.265 e. The molecular formula is C15H9FN4O. The highest BCUT2D eigenvalue weighted by Crippen LogP contribution is 2.30. The molecule has 0 saturated carbocycles. The van der Waals surface area contributed by atoms with Crippen LogP contribution in [0, 0.1) is 17.3 Å². The molecule has 21 heavy (non-hydrogen) atoms. The summed E-state index contributed by atoms with van der Waals surface area (Å²) in [4.78, 5) is 17.7. The van der Waals surface area contributed by atoms with E-state index < -0.39 is 11.9 Å². The van der Waals surface area contributed by atoms with Gasteiger partial charge in [0.05, 0.1) is 17.1 Å². The number of benzene rings is 1. The van der Waals surface area contributed by atoms with Crippen LogP contribution in [-0.2, 0) is 0 Å². The van der Waals surface area contributed by atoms with Gasteiger partial charge in [-0.3, -0.25) is 4.79 Å². The van der Waals surface area contributed by atoms with Crippen LogP contribution >= 0.6 is 0 Å². The molecule has 0 atom stereocenters. The van der Waals surface area contributed by atoms with Crippen LogP contribution in [0.2, 0.25) is 0 Å². The van der Waals surface area contributed by atoms with Crippen molar-refractivity contribution in [3.63, 3.8) is 0 Å². The number of primary amides is 1. The number of nitriles is 1. The minimum absolute atomic E-state index is 0.232. The van der Waals surface area contributed by atoms with Gasteiger partial charge in [0.25, 0.3) is 5.91 Å².